The fraction of sp³-hybridized carbons (Fsp3) is 0.933. The van der Waals surface area contributed by atoms with Gasteiger partial charge in [-0.05, 0) is 51.3 Å². The lowest BCUT2D eigenvalue weighted by Gasteiger charge is -2.33. The van der Waals surface area contributed by atoms with Gasteiger partial charge in [0.2, 0.25) is 0 Å². The van der Waals surface area contributed by atoms with Crippen LogP contribution in [0.25, 0.3) is 0 Å². The van der Waals surface area contributed by atoms with Crippen LogP contribution in [0.5, 0.6) is 0 Å². The monoisotopic (exact) mass is 287 g/mol. The van der Waals surface area contributed by atoms with Gasteiger partial charge >= 0.3 is 5.97 Å². The van der Waals surface area contributed by atoms with Crippen LogP contribution in [0, 0.1) is 5.92 Å². The van der Waals surface area contributed by atoms with Crippen molar-refractivity contribution in [1.82, 2.24) is 5.32 Å². The van der Waals surface area contributed by atoms with Crippen molar-refractivity contribution < 1.29 is 9.53 Å². The predicted octanol–water partition coefficient (Wildman–Crippen LogP) is 3.23. The molecule has 1 aliphatic carbocycles. The summed E-state index contributed by atoms with van der Waals surface area (Å²) in [6.45, 7) is 6.85. The summed E-state index contributed by atoms with van der Waals surface area (Å²) < 4.78 is 5.29. The van der Waals surface area contributed by atoms with Crippen LogP contribution in [0.1, 0.15) is 52.9 Å². The van der Waals surface area contributed by atoms with E-state index in [1.807, 2.05) is 25.7 Å². The highest BCUT2D eigenvalue weighted by Gasteiger charge is 2.48. The topological polar surface area (TPSA) is 38.3 Å². The molecule has 0 spiro atoms. The van der Waals surface area contributed by atoms with E-state index in [-0.39, 0.29) is 5.97 Å². The van der Waals surface area contributed by atoms with Gasteiger partial charge in [0.1, 0.15) is 5.54 Å². The predicted molar refractivity (Wildman–Crippen MR) is 82.6 cm³/mol. The van der Waals surface area contributed by atoms with Crippen molar-refractivity contribution >= 4 is 17.7 Å². The number of carbonyl (C=O) groups excluding carboxylic acids is 1. The lowest BCUT2D eigenvalue weighted by Crippen LogP contribution is -2.54. The average Bonchev–Trinajstić information content (AvgIpc) is 2.83. The van der Waals surface area contributed by atoms with Gasteiger partial charge in [0.25, 0.3) is 0 Å². The smallest absolute Gasteiger partial charge is 0.326 e. The lowest BCUT2D eigenvalue weighted by molar-refractivity contribution is -0.152. The second-order valence-corrected chi connectivity index (χ2v) is 6.96. The lowest BCUT2D eigenvalue weighted by atomic mass is 9.85. The van der Waals surface area contributed by atoms with Gasteiger partial charge in [-0.25, -0.2) is 0 Å². The number of thioether (sulfide) groups is 1. The van der Waals surface area contributed by atoms with Crippen LogP contribution >= 0.6 is 11.8 Å². The van der Waals surface area contributed by atoms with Crippen molar-refractivity contribution in [2.24, 2.45) is 5.92 Å². The highest BCUT2D eigenvalue weighted by atomic mass is 32.2. The third-order valence-corrected chi connectivity index (χ3v) is 5.72. The molecule has 0 aliphatic heterocycles. The molecule has 4 heteroatoms. The van der Waals surface area contributed by atoms with Gasteiger partial charge < -0.3 is 10.1 Å². The van der Waals surface area contributed by atoms with Crippen LogP contribution < -0.4 is 5.32 Å². The first kappa shape index (κ1) is 16.8. The molecule has 1 rings (SSSR count). The van der Waals surface area contributed by atoms with Crippen LogP contribution in [0.4, 0.5) is 0 Å². The number of rotatable bonds is 8. The molecule has 0 amide bonds. The fourth-order valence-corrected chi connectivity index (χ4v) is 4.02. The highest BCUT2D eigenvalue weighted by molar-refractivity contribution is 7.99. The number of esters is 1. The molecule has 19 heavy (non-hydrogen) atoms. The zero-order valence-electron chi connectivity index (χ0n) is 12.8. The molecule has 1 fully saturated rings. The molecule has 0 aromatic rings. The van der Waals surface area contributed by atoms with Crippen LogP contribution in [-0.2, 0) is 9.53 Å². The van der Waals surface area contributed by atoms with Gasteiger partial charge in [0.05, 0.1) is 6.61 Å². The standard InChI is InChI=1S/C15H29NO2S/c1-5-12(3)19-11-9-13-8-7-10-15(13,16-4)14(17)18-6-2/h12-13,16H,5-11H2,1-4H3. The van der Waals surface area contributed by atoms with Crippen molar-refractivity contribution in [3.8, 4) is 0 Å². The summed E-state index contributed by atoms with van der Waals surface area (Å²) in [6.07, 6.45) is 5.50. The first-order valence-corrected chi connectivity index (χ1v) is 8.63. The van der Waals surface area contributed by atoms with E-state index in [2.05, 4.69) is 19.2 Å². The zero-order valence-corrected chi connectivity index (χ0v) is 13.6. The zero-order chi connectivity index (χ0) is 14.3. The molecule has 1 aliphatic rings. The van der Waals surface area contributed by atoms with Gasteiger partial charge in [-0.2, -0.15) is 11.8 Å². The van der Waals surface area contributed by atoms with Crippen LogP contribution in [-0.4, -0.2) is 36.2 Å². The first-order valence-electron chi connectivity index (χ1n) is 7.58. The number of hydrogen-bond acceptors (Lipinski definition) is 4. The summed E-state index contributed by atoms with van der Waals surface area (Å²) in [5.41, 5.74) is -0.425. The number of carbonyl (C=O) groups is 1. The fourth-order valence-electron chi connectivity index (χ4n) is 2.96. The Morgan fingerprint density at radius 2 is 2.26 bits per heavy atom. The molecule has 0 aromatic carbocycles. The number of likely N-dealkylation sites (N-methyl/N-ethyl adjacent to an activating group) is 1. The second kappa shape index (κ2) is 8.15. The molecule has 0 heterocycles. The summed E-state index contributed by atoms with van der Waals surface area (Å²) in [4.78, 5) is 12.3. The van der Waals surface area contributed by atoms with E-state index < -0.39 is 5.54 Å². The van der Waals surface area contributed by atoms with E-state index in [1.165, 1.54) is 6.42 Å². The van der Waals surface area contributed by atoms with Crippen molar-refractivity contribution in [3.63, 3.8) is 0 Å². The van der Waals surface area contributed by atoms with Gasteiger partial charge in [0, 0.05) is 5.25 Å². The maximum Gasteiger partial charge on any atom is 0.326 e. The van der Waals surface area contributed by atoms with Crippen LogP contribution in [0.3, 0.4) is 0 Å². The van der Waals surface area contributed by atoms with Crippen LogP contribution in [0.2, 0.25) is 0 Å². The Labute approximate surface area is 122 Å². The van der Waals surface area contributed by atoms with Crippen molar-refractivity contribution in [2.45, 2.75) is 63.7 Å². The highest BCUT2D eigenvalue weighted by Crippen LogP contribution is 2.39. The van der Waals surface area contributed by atoms with Gasteiger partial charge in [-0.15, -0.1) is 0 Å². The van der Waals surface area contributed by atoms with E-state index in [4.69, 9.17) is 4.74 Å². The van der Waals surface area contributed by atoms with E-state index >= 15 is 0 Å². The molecule has 0 aromatic heterocycles. The Balaban J connectivity index is 2.57. The quantitative estimate of drug-likeness (QED) is 0.696. The van der Waals surface area contributed by atoms with E-state index in [1.54, 1.807) is 0 Å². The van der Waals surface area contributed by atoms with Gasteiger partial charge in [-0.1, -0.05) is 20.3 Å². The first-order chi connectivity index (χ1) is 9.10. The van der Waals surface area contributed by atoms with Crippen LogP contribution in [0.15, 0.2) is 0 Å². The molecule has 0 bridgehead atoms. The molecule has 1 N–H and O–H groups in total. The molecule has 3 atom stereocenters. The molecular formula is C15H29NO2S. The third-order valence-electron chi connectivity index (χ3n) is 4.35. The second-order valence-electron chi connectivity index (χ2n) is 5.41. The molecule has 3 unspecified atom stereocenters. The number of hydrogen-bond donors (Lipinski definition) is 1. The van der Waals surface area contributed by atoms with Gasteiger partial charge in [0.15, 0.2) is 0 Å². The molecule has 0 radical (unpaired) electrons. The molecule has 1 saturated carbocycles. The summed E-state index contributed by atoms with van der Waals surface area (Å²) >= 11 is 2.02. The summed E-state index contributed by atoms with van der Waals surface area (Å²) in [5, 5.41) is 4.00. The van der Waals surface area contributed by atoms with E-state index in [9.17, 15) is 4.79 Å². The maximum atomic E-state index is 12.3. The molecule has 112 valence electrons. The number of ether oxygens (including phenoxy) is 1. The molecular weight excluding hydrogens is 258 g/mol. The Morgan fingerprint density at radius 3 is 2.84 bits per heavy atom. The summed E-state index contributed by atoms with van der Waals surface area (Å²) in [6, 6.07) is 0. The largest absolute Gasteiger partial charge is 0.465 e. The Hall–Kier alpha value is -0.220. The Bertz CT molecular complexity index is 285. The minimum absolute atomic E-state index is 0.0476. The average molecular weight is 287 g/mol. The Kier molecular flexibility index (Phi) is 7.22. The van der Waals surface area contributed by atoms with E-state index in [0.29, 0.717) is 17.8 Å². The SMILES string of the molecule is CCOC(=O)C1(NC)CCCC1CCSC(C)CC. The van der Waals surface area contributed by atoms with Crippen molar-refractivity contribution in [1.29, 1.82) is 0 Å². The van der Waals surface area contributed by atoms with Crippen molar-refractivity contribution in [2.75, 3.05) is 19.4 Å². The summed E-state index contributed by atoms with van der Waals surface area (Å²) in [5.74, 6) is 1.52. The molecule has 3 nitrogen and oxygen atoms in total. The maximum absolute atomic E-state index is 12.3. The normalized spacial score (nSPS) is 28.3. The Morgan fingerprint density at radius 1 is 1.53 bits per heavy atom. The minimum Gasteiger partial charge on any atom is -0.465 e. The third kappa shape index (κ3) is 4.12. The van der Waals surface area contributed by atoms with Crippen molar-refractivity contribution in [3.05, 3.63) is 0 Å². The minimum atomic E-state index is -0.425. The van der Waals surface area contributed by atoms with E-state index in [0.717, 1.165) is 31.4 Å². The number of nitrogens with one attached hydrogen (secondary N) is 1. The van der Waals surface area contributed by atoms with Gasteiger partial charge in [-0.3, -0.25) is 4.79 Å². The molecule has 0 saturated heterocycles. The summed E-state index contributed by atoms with van der Waals surface area (Å²) in [7, 11) is 1.90.